The lowest BCUT2D eigenvalue weighted by molar-refractivity contribution is 0.0926. The van der Waals surface area contributed by atoms with Crippen LogP contribution < -0.4 is 19.7 Å². The van der Waals surface area contributed by atoms with Crippen molar-refractivity contribution in [2.75, 3.05) is 32.2 Å². The van der Waals surface area contributed by atoms with Gasteiger partial charge in [0.1, 0.15) is 17.8 Å². The van der Waals surface area contributed by atoms with Crippen LogP contribution in [0.2, 0.25) is 0 Å². The van der Waals surface area contributed by atoms with Gasteiger partial charge >= 0.3 is 0 Å². The second kappa shape index (κ2) is 7.97. The highest BCUT2D eigenvalue weighted by molar-refractivity contribution is 7.07. The van der Waals surface area contributed by atoms with E-state index >= 15 is 0 Å². The fourth-order valence-electron chi connectivity index (χ4n) is 3.44. The molecule has 3 aromatic rings. The van der Waals surface area contributed by atoms with Gasteiger partial charge in [0, 0.05) is 36.0 Å². The Morgan fingerprint density at radius 3 is 2.57 bits per heavy atom. The second-order valence-corrected chi connectivity index (χ2v) is 7.25. The van der Waals surface area contributed by atoms with E-state index < -0.39 is 0 Å². The van der Waals surface area contributed by atoms with Crippen molar-refractivity contribution in [3.63, 3.8) is 0 Å². The summed E-state index contributed by atoms with van der Waals surface area (Å²) in [5.74, 6) is 2.05. The zero-order valence-corrected chi connectivity index (χ0v) is 16.5. The van der Waals surface area contributed by atoms with E-state index in [0.717, 1.165) is 42.7 Å². The number of piperidine rings is 1. The van der Waals surface area contributed by atoms with Gasteiger partial charge in [0.25, 0.3) is 5.91 Å². The smallest absolute Gasteiger partial charge is 0.270 e. The number of carbonyl (C=O) groups excluding carboxylic acids is 1. The lowest BCUT2D eigenvalue weighted by atomic mass is 10.0. The number of carbonyl (C=O) groups is 1. The minimum Gasteiger partial charge on any atom is -0.493 e. The van der Waals surface area contributed by atoms with Crippen LogP contribution in [-0.4, -0.2) is 54.2 Å². The van der Waals surface area contributed by atoms with Crippen LogP contribution in [0.15, 0.2) is 29.4 Å². The zero-order valence-electron chi connectivity index (χ0n) is 15.7. The molecule has 0 radical (unpaired) electrons. The van der Waals surface area contributed by atoms with Crippen molar-refractivity contribution in [3.8, 4) is 11.5 Å². The number of amides is 1. The molecule has 146 valence electrons. The summed E-state index contributed by atoms with van der Waals surface area (Å²) in [4.78, 5) is 27.4. The molecule has 1 amide bonds. The third-order valence-electron chi connectivity index (χ3n) is 4.91. The molecule has 4 rings (SSSR count). The van der Waals surface area contributed by atoms with Gasteiger partial charge in [-0.15, -0.1) is 11.3 Å². The highest BCUT2D eigenvalue weighted by Gasteiger charge is 2.24. The number of hydrogen-bond acceptors (Lipinski definition) is 8. The molecule has 28 heavy (non-hydrogen) atoms. The van der Waals surface area contributed by atoms with E-state index in [1.54, 1.807) is 31.4 Å². The van der Waals surface area contributed by atoms with Gasteiger partial charge in [0.2, 0.25) is 0 Å². The molecular formula is C19H21N5O3S. The molecule has 2 aromatic heterocycles. The van der Waals surface area contributed by atoms with E-state index in [-0.39, 0.29) is 11.9 Å². The first-order valence-corrected chi connectivity index (χ1v) is 9.94. The average Bonchev–Trinajstić information content (AvgIpc) is 3.28. The summed E-state index contributed by atoms with van der Waals surface area (Å²) in [6.07, 6.45) is 3.25. The highest BCUT2D eigenvalue weighted by atomic mass is 32.1. The molecule has 1 aliphatic rings. The number of fused-ring (bicyclic) bond motifs is 1. The van der Waals surface area contributed by atoms with E-state index in [4.69, 9.17) is 9.47 Å². The molecule has 1 aliphatic heterocycles. The van der Waals surface area contributed by atoms with Crippen LogP contribution in [0, 0.1) is 0 Å². The van der Waals surface area contributed by atoms with E-state index in [2.05, 4.69) is 25.2 Å². The first-order valence-electron chi connectivity index (χ1n) is 9.00. The van der Waals surface area contributed by atoms with Crippen LogP contribution in [0.5, 0.6) is 11.5 Å². The Kier molecular flexibility index (Phi) is 5.25. The second-order valence-electron chi connectivity index (χ2n) is 6.53. The molecular weight excluding hydrogens is 378 g/mol. The molecule has 0 saturated carbocycles. The van der Waals surface area contributed by atoms with E-state index in [1.807, 2.05) is 12.1 Å². The van der Waals surface area contributed by atoms with E-state index in [1.165, 1.54) is 11.3 Å². The van der Waals surface area contributed by atoms with Crippen LogP contribution in [0.25, 0.3) is 10.9 Å². The molecule has 0 unspecified atom stereocenters. The molecule has 0 atom stereocenters. The van der Waals surface area contributed by atoms with Gasteiger partial charge in [0.05, 0.1) is 25.2 Å². The maximum absolute atomic E-state index is 12.2. The molecule has 0 spiro atoms. The summed E-state index contributed by atoms with van der Waals surface area (Å²) in [6.45, 7) is 1.59. The van der Waals surface area contributed by atoms with Crippen molar-refractivity contribution < 1.29 is 14.3 Å². The lowest BCUT2D eigenvalue weighted by Gasteiger charge is -2.33. The number of thiazole rings is 1. The number of anilines is 1. The summed E-state index contributed by atoms with van der Waals surface area (Å²) in [5, 5.41) is 5.76. The molecule has 9 heteroatoms. The Balaban J connectivity index is 1.50. The fraction of sp³-hybridized carbons (Fsp3) is 0.368. The Morgan fingerprint density at radius 1 is 1.14 bits per heavy atom. The van der Waals surface area contributed by atoms with Gasteiger partial charge in [-0.25, -0.2) is 15.0 Å². The quantitative estimate of drug-likeness (QED) is 0.705. The third kappa shape index (κ3) is 3.57. The van der Waals surface area contributed by atoms with Gasteiger partial charge < -0.3 is 19.7 Å². The predicted molar refractivity (Wildman–Crippen MR) is 107 cm³/mol. The SMILES string of the molecule is COc1cc2ncnc(N3CCC(NC(=O)c4cscn4)CC3)c2cc1OC. The number of rotatable bonds is 5. The number of hydrogen-bond donors (Lipinski definition) is 1. The van der Waals surface area contributed by atoms with Crippen molar-refractivity contribution in [3.05, 3.63) is 35.0 Å². The number of aromatic nitrogens is 3. The summed E-state index contributed by atoms with van der Waals surface area (Å²) >= 11 is 1.42. The van der Waals surface area contributed by atoms with Crippen molar-refractivity contribution in [1.29, 1.82) is 0 Å². The minimum atomic E-state index is -0.107. The van der Waals surface area contributed by atoms with Gasteiger partial charge in [-0.05, 0) is 18.9 Å². The van der Waals surface area contributed by atoms with Crippen molar-refractivity contribution in [1.82, 2.24) is 20.3 Å². The zero-order chi connectivity index (χ0) is 19.5. The lowest BCUT2D eigenvalue weighted by Crippen LogP contribution is -2.45. The minimum absolute atomic E-state index is 0.107. The molecule has 1 N–H and O–H groups in total. The third-order valence-corrected chi connectivity index (χ3v) is 5.50. The normalized spacial score (nSPS) is 14.9. The summed E-state index contributed by atoms with van der Waals surface area (Å²) in [5.41, 5.74) is 2.96. The largest absolute Gasteiger partial charge is 0.493 e. The molecule has 1 saturated heterocycles. The Morgan fingerprint density at radius 2 is 1.89 bits per heavy atom. The van der Waals surface area contributed by atoms with Crippen LogP contribution in [0.4, 0.5) is 5.82 Å². The Hall–Kier alpha value is -2.94. The Labute approximate surface area is 166 Å². The fourth-order valence-corrected chi connectivity index (χ4v) is 3.97. The van der Waals surface area contributed by atoms with E-state index in [0.29, 0.717) is 17.2 Å². The maximum Gasteiger partial charge on any atom is 0.270 e. The number of methoxy groups -OCH3 is 2. The number of benzene rings is 1. The topological polar surface area (TPSA) is 89.5 Å². The molecule has 0 aliphatic carbocycles. The van der Waals surface area contributed by atoms with E-state index in [9.17, 15) is 4.79 Å². The summed E-state index contributed by atoms with van der Waals surface area (Å²) in [7, 11) is 3.22. The van der Waals surface area contributed by atoms with Crippen molar-refractivity contribution in [2.24, 2.45) is 0 Å². The van der Waals surface area contributed by atoms with Gasteiger partial charge in [-0.2, -0.15) is 0 Å². The molecule has 0 bridgehead atoms. The van der Waals surface area contributed by atoms with Gasteiger partial charge in [-0.1, -0.05) is 0 Å². The van der Waals surface area contributed by atoms with Crippen molar-refractivity contribution in [2.45, 2.75) is 18.9 Å². The number of nitrogens with zero attached hydrogens (tertiary/aromatic N) is 4. The molecule has 3 heterocycles. The van der Waals surface area contributed by atoms with Gasteiger partial charge in [-0.3, -0.25) is 4.79 Å². The Bertz CT molecular complexity index is 971. The van der Waals surface area contributed by atoms with Gasteiger partial charge in [0.15, 0.2) is 11.5 Å². The van der Waals surface area contributed by atoms with Crippen molar-refractivity contribution >= 4 is 34.0 Å². The molecule has 1 aromatic carbocycles. The monoisotopic (exact) mass is 399 g/mol. The summed E-state index contributed by atoms with van der Waals surface area (Å²) < 4.78 is 10.8. The standard InChI is InChI=1S/C19H21N5O3S/c1-26-16-7-13-14(8-17(16)27-2)20-10-21-18(13)24-5-3-12(4-6-24)23-19(25)15-9-28-11-22-15/h7-12H,3-6H2,1-2H3,(H,23,25). The first-order chi connectivity index (χ1) is 13.7. The van der Waals surface area contributed by atoms with Crippen LogP contribution in [-0.2, 0) is 0 Å². The molecule has 8 nitrogen and oxygen atoms in total. The van der Waals surface area contributed by atoms with Crippen LogP contribution in [0.3, 0.4) is 0 Å². The maximum atomic E-state index is 12.2. The average molecular weight is 399 g/mol. The van der Waals surface area contributed by atoms with Crippen LogP contribution >= 0.6 is 11.3 Å². The highest BCUT2D eigenvalue weighted by Crippen LogP contribution is 2.35. The number of ether oxygens (including phenoxy) is 2. The predicted octanol–water partition coefficient (Wildman–Crippen LogP) is 2.50. The van der Waals surface area contributed by atoms with Crippen LogP contribution in [0.1, 0.15) is 23.3 Å². The summed E-state index contributed by atoms with van der Waals surface area (Å²) in [6, 6.07) is 3.91. The molecule has 1 fully saturated rings. The first kappa shape index (κ1) is 18.4. The number of nitrogens with one attached hydrogen (secondary N) is 1.